The summed E-state index contributed by atoms with van der Waals surface area (Å²) in [5.74, 6) is 1.14. The molecule has 2 heteroatoms. The lowest BCUT2D eigenvalue weighted by atomic mass is 9.82. The largest absolute Gasteiger partial charge is 0.493 e. The molecule has 0 fully saturated rings. The Morgan fingerprint density at radius 2 is 2.00 bits per heavy atom. The summed E-state index contributed by atoms with van der Waals surface area (Å²) in [5, 5.41) is 0. The molecule has 0 amide bonds. The number of hydrogen-bond acceptors (Lipinski definition) is 2. The molecule has 0 saturated heterocycles. The first-order chi connectivity index (χ1) is 7.89. The monoisotopic (exact) mass is 232 g/mol. The maximum Gasteiger partial charge on any atom is 0.159 e. The summed E-state index contributed by atoms with van der Waals surface area (Å²) in [6.45, 7) is 8.88. The number of hydrogen-bond donors (Lipinski definition) is 0. The van der Waals surface area contributed by atoms with Crippen molar-refractivity contribution >= 4 is 5.78 Å². The zero-order valence-electron chi connectivity index (χ0n) is 11.1. The van der Waals surface area contributed by atoms with Crippen LogP contribution in [0.4, 0.5) is 0 Å². The van der Waals surface area contributed by atoms with Crippen molar-refractivity contribution in [2.45, 2.75) is 46.0 Å². The number of benzene rings is 1. The van der Waals surface area contributed by atoms with Crippen molar-refractivity contribution in [2.75, 3.05) is 6.61 Å². The van der Waals surface area contributed by atoms with Gasteiger partial charge in [-0.1, -0.05) is 20.8 Å². The fraction of sp³-hybridized carbons (Fsp3) is 0.533. The number of carbonyl (C=O) groups is 1. The van der Waals surface area contributed by atoms with E-state index in [2.05, 4.69) is 20.8 Å². The van der Waals surface area contributed by atoms with Gasteiger partial charge in [0.15, 0.2) is 5.78 Å². The van der Waals surface area contributed by atoms with Crippen molar-refractivity contribution in [2.24, 2.45) is 0 Å². The Kier molecular flexibility index (Phi) is 2.98. The molecule has 0 N–H and O–H groups in total. The number of carbonyl (C=O) groups excluding carboxylic acids is 1. The van der Waals surface area contributed by atoms with E-state index in [9.17, 15) is 4.79 Å². The quantitative estimate of drug-likeness (QED) is 0.693. The molecule has 92 valence electrons. The average molecular weight is 232 g/mol. The van der Waals surface area contributed by atoms with Crippen molar-refractivity contribution < 1.29 is 9.53 Å². The minimum absolute atomic E-state index is 0.00683. The van der Waals surface area contributed by atoms with Crippen molar-refractivity contribution in [3.8, 4) is 5.75 Å². The van der Waals surface area contributed by atoms with Crippen LogP contribution in [0.2, 0.25) is 0 Å². The van der Waals surface area contributed by atoms with E-state index in [1.165, 1.54) is 5.56 Å². The zero-order chi connectivity index (χ0) is 12.6. The van der Waals surface area contributed by atoms with Crippen LogP contribution < -0.4 is 4.74 Å². The summed E-state index contributed by atoms with van der Waals surface area (Å²) in [7, 11) is 0. The topological polar surface area (TPSA) is 26.3 Å². The van der Waals surface area contributed by atoms with E-state index in [0.717, 1.165) is 36.3 Å². The maximum absolute atomic E-state index is 11.6. The van der Waals surface area contributed by atoms with Crippen LogP contribution in [-0.4, -0.2) is 12.4 Å². The highest BCUT2D eigenvalue weighted by Gasteiger charge is 2.25. The Balaban J connectivity index is 2.62. The highest BCUT2D eigenvalue weighted by molar-refractivity contribution is 5.94. The minimum Gasteiger partial charge on any atom is -0.493 e. The summed E-state index contributed by atoms with van der Waals surface area (Å²) in [5.41, 5.74) is 3.15. The Hall–Kier alpha value is -1.31. The highest BCUT2D eigenvalue weighted by atomic mass is 16.5. The third-order valence-electron chi connectivity index (χ3n) is 3.22. The van der Waals surface area contributed by atoms with Gasteiger partial charge in [-0.2, -0.15) is 0 Å². The number of ketones is 1. The summed E-state index contributed by atoms with van der Waals surface area (Å²) < 4.78 is 5.80. The van der Waals surface area contributed by atoms with Crippen LogP contribution in [0, 0.1) is 0 Å². The Morgan fingerprint density at radius 1 is 1.29 bits per heavy atom. The number of rotatable bonds is 1. The Bertz CT molecular complexity index is 453. The van der Waals surface area contributed by atoms with E-state index in [1.807, 2.05) is 12.1 Å². The predicted molar refractivity (Wildman–Crippen MR) is 69.0 cm³/mol. The van der Waals surface area contributed by atoms with E-state index >= 15 is 0 Å². The second kappa shape index (κ2) is 4.17. The lowest BCUT2D eigenvalue weighted by Gasteiger charge is -2.28. The van der Waals surface area contributed by atoms with Gasteiger partial charge < -0.3 is 4.74 Å². The SMILES string of the molecule is CC(=O)c1cc2c(c(C(C)(C)C)c1)OCCC2. The number of fused-ring (bicyclic) bond motifs is 1. The van der Waals surface area contributed by atoms with Crippen LogP contribution in [0.3, 0.4) is 0 Å². The molecule has 2 nitrogen and oxygen atoms in total. The van der Waals surface area contributed by atoms with E-state index in [4.69, 9.17) is 4.74 Å². The van der Waals surface area contributed by atoms with Gasteiger partial charge in [0.1, 0.15) is 5.75 Å². The van der Waals surface area contributed by atoms with E-state index in [-0.39, 0.29) is 11.2 Å². The zero-order valence-corrected chi connectivity index (χ0v) is 11.1. The summed E-state index contributed by atoms with van der Waals surface area (Å²) in [4.78, 5) is 11.6. The van der Waals surface area contributed by atoms with Gasteiger partial charge >= 0.3 is 0 Å². The lowest BCUT2D eigenvalue weighted by molar-refractivity contribution is 0.101. The van der Waals surface area contributed by atoms with Crippen LogP contribution in [0.25, 0.3) is 0 Å². The van der Waals surface area contributed by atoms with Crippen LogP contribution in [0.1, 0.15) is 55.6 Å². The van der Waals surface area contributed by atoms with Crippen molar-refractivity contribution in [1.82, 2.24) is 0 Å². The molecule has 0 radical (unpaired) electrons. The molecule has 1 aromatic carbocycles. The lowest BCUT2D eigenvalue weighted by Crippen LogP contribution is -2.19. The van der Waals surface area contributed by atoms with Crippen molar-refractivity contribution in [3.05, 3.63) is 28.8 Å². The molecular weight excluding hydrogens is 212 g/mol. The van der Waals surface area contributed by atoms with E-state index in [1.54, 1.807) is 6.92 Å². The van der Waals surface area contributed by atoms with Gasteiger partial charge in [-0.15, -0.1) is 0 Å². The second-order valence-corrected chi connectivity index (χ2v) is 5.77. The molecule has 0 aromatic heterocycles. The average Bonchev–Trinajstić information content (AvgIpc) is 2.26. The smallest absolute Gasteiger partial charge is 0.159 e. The molecule has 0 atom stereocenters. The van der Waals surface area contributed by atoms with Gasteiger partial charge in [-0.05, 0) is 42.9 Å². The van der Waals surface area contributed by atoms with Gasteiger partial charge in [-0.25, -0.2) is 0 Å². The first kappa shape index (κ1) is 12.2. The van der Waals surface area contributed by atoms with Crippen LogP contribution in [-0.2, 0) is 11.8 Å². The molecular formula is C15H20O2. The van der Waals surface area contributed by atoms with Gasteiger partial charge in [0.25, 0.3) is 0 Å². The number of aryl methyl sites for hydroxylation is 1. The van der Waals surface area contributed by atoms with Crippen LogP contribution in [0.5, 0.6) is 5.75 Å². The molecule has 1 heterocycles. The van der Waals surface area contributed by atoms with E-state index < -0.39 is 0 Å². The molecule has 0 spiro atoms. The molecule has 17 heavy (non-hydrogen) atoms. The van der Waals surface area contributed by atoms with Gasteiger partial charge in [-0.3, -0.25) is 4.79 Å². The summed E-state index contributed by atoms with van der Waals surface area (Å²) >= 11 is 0. The van der Waals surface area contributed by atoms with Gasteiger partial charge in [0, 0.05) is 11.1 Å². The molecule has 1 aromatic rings. The van der Waals surface area contributed by atoms with Crippen molar-refractivity contribution in [3.63, 3.8) is 0 Å². The first-order valence-corrected chi connectivity index (χ1v) is 6.21. The Labute approximate surface area is 103 Å². The third-order valence-corrected chi connectivity index (χ3v) is 3.22. The molecule has 0 aliphatic carbocycles. The van der Waals surface area contributed by atoms with Gasteiger partial charge in [0.2, 0.25) is 0 Å². The molecule has 1 aliphatic heterocycles. The molecule has 2 rings (SSSR count). The summed E-state index contributed by atoms with van der Waals surface area (Å²) in [6, 6.07) is 3.98. The third kappa shape index (κ3) is 2.36. The Morgan fingerprint density at radius 3 is 2.59 bits per heavy atom. The fourth-order valence-electron chi connectivity index (χ4n) is 2.24. The normalized spacial score (nSPS) is 15.1. The fourth-order valence-corrected chi connectivity index (χ4v) is 2.24. The van der Waals surface area contributed by atoms with E-state index in [0.29, 0.717) is 0 Å². The molecule has 0 saturated carbocycles. The molecule has 1 aliphatic rings. The highest BCUT2D eigenvalue weighted by Crippen LogP contribution is 2.37. The number of ether oxygens (including phenoxy) is 1. The first-order valence-electron chi connectivity index (χ1n) is 6.21. The second-order valence-electron chi connectivity index (χ2n) is 5.77. The van der Waals surface area contributed by atoms with Crippen molar-refractivity contribution in [1.29, 1.82) is 0 Å². The minimum atomic E-state index is 0.00683. The van der Waals surface area contributed by atoms with Gasteiger partial charge in [0.05, 0.1) is 6.61 Å². The standard InChI is InChI=1S/C15H20O2/c1-10(16)12-8-11-6-5-7-17-14(11)13(9-12)15(2,3)4/h8-9H,5-7H2,1-4H3. The number of Topliss-reactive ketones (excluding diaryl/α,β-unsaturated/α-hetero) is 1. The maximum atomic E-state index is 11.6. The van der Waals surface area contributed by atoms with Crippen LogP contribution >= 0.6 is 0 Å². The molecule has 0 unspecified atom stereocenters. The van der Waals surface area contributed by atoms with Crippen LogP contribution in [0.15, 0.2) is 12.1 Å². The predicted octanol–water partition coefficient (Wildman–Crippen LogP) is 3.51. The molecule has 0 bridgehead atoms. The summed E-state index contributed by atoms with van der Waals surface area (Å²) in [6.07, 6.45) is 2.05.